The Balaban J connectivity index is 1.88. The van der Waals surface area contributed by atoms with Gasteiger partial charge in [-0.15, -0.1) is 0 Å². The van der Waals surface area contributed by atoms with Crippen LogP contribution in [0.4, 0.5) is 0 Å². The molecule has 0 spiro atoms. The normalized spacial score (nSPS) is 16.4. The first-order chi connectivity index (χ1) is 9.58. The molecule has 0 bridgehead atoms. The highest BCUT2D eigenvalue weighted by atomic mass is 16.1. The fourth-order valence-electron chi connectivity index (χ4n) is 3.44. The zero-order chi connectivity index (χ0) is 14.5. The molecule has 0 saturated heterocycles. The van der Waals surface area contributed by atoms with E-state index < -0.39 is 0 Å². The predicted octanol–water partition coefficient (Wildman–Crippen LogP) is 4.11. The molecule has 2 nitrogen and oxygen atoms in total. The van der Waals surface area contributed by atoms with Crippen molar-refractivity contribution in [2.45, 2.75) is 65.3 Å². The Morgan fingerprint density at radius 3 is 2.30 bits per heavy atom. The van der Waals surface area contributed by atoms with Gasteiger partial charge in [0.25, 0.3) is 0 Å². The minimum atomic E-state index is 0.281. The highest BCUT2D eigenvalue weighted by Gasteiger charge is 2.15. The Kier molecular flexibility index (Phi) is 5.36. The van der Waals surface area contributed by atoms with Gasteiger partial charge in [-0.25, -0.2) is 0 Å². The summed E-state index contributed by atoms with van der Waals surface area (Å²) in [7, 11) is 0. The standard InChI is InChI=1S/C18H27NO/c1-13-11-14(2)18(15(3)12-13)17(20)9-10-19-16-7-5-4-6-8-16/h11-12,16,19H,4-10H2,1-3H3. The fraction of sp³-hybridized carbons (Fsp3) is 0.611. The van der Waals surface area contributed by atoms with Crippen molar-refractivity contribution >= 4 is 5.78 Å². The van der Waals surface area contributed by atoms with Crippen LogP contribution in [0.1, 0.15) is 65.6 Å². The third kappa shape index (κ3) is 3.92. The van der Waals surface area contributed by atoms with Gasteiger partial charge in [0.1, 0.15) is 0 Å². The van der Waals surface area contributed by atoms with Crippen molar-refractivity contribution in [2.24, 2.45) is 0 Å². The third-order valence-electron chi connectivity index (χ3n) is 4.35. The molecule has 1 N–H and O–H groups in total. The highest BCUT2D eigenvalue weighted by Crippen LogP contribution is 2.19. The van der Waals surface area contributed by atoms with E-state index in [-0.39, 0.29) is 5.78 Å². The second kappa shape index (κ2) is 7.03. The molecule has 1 aliphatic carbocycles. The third-order valence-corrected chi connectivity index (χ3v) is 4.35. The number of ketones is 1. The van der Waals surface area contributed by atoms with Crippen LogP contribution < -0.4 is 5.32 Å². The summed E-state index contributed by atoms with van der Waals surface area (Å²) in [5.41, 5.74) is 4.40. The molecule has 20 heavy (non-hydrogen) atoms. The van der Waals surface area contributed by atoms with Gasteiger partial charge in [0.2, 0.25) is 0 Å². The molecular formula is C18H27NO. The molecule has 110 valence electrons. The van der Waals surface area contributed by atoms with Gasteiger partial charge in [-0.1, -0.05) is 37.0 Å². The Morgan fingerprint density at radius 2 is 1.70 bits per heavy atom. The van der Waals surface area contributed by atoms with E-state index in [1.807, 2.05) is 13.8 Å². The van der Waals surface area contributed by atoms with Gasteiger partial charge < -0.3 is 5.32 Å². The Hall–Kier alpha value is -1.15. The average Bonchev–Trinajstić information content (AvgIpc) is 2.38. The molecule has 1 aromatic rings. The quantitative estimate of drug-likeness (QED) is 0.818. The molecule has 0 heterocycles. The Morgan fingerprint density at radius 1 is 1.10 bits per heavy atom. The number of hydrogen-bond acceptors (Lipinski definition) is 2. The summed E-state index contributed by atoms with van der Waals surface area (Å²) >= 11 is 0. The first-order valence-corrected chi connectivity index (χ1v) is 7.92. The summed E-state index contributed by atoms with van der Waals surface area (Å²) in [6, 6.07) is 4.85. The zero-order valence-corrected chi connectivity index (χ0v) is 13.1. The van der Waals surface area contributed by atoms with Crippen molar-refractivity contribution < 1.29 is 4.79 Å². The monoisotopic (exact) mass is 273 g/mol. The van der Waals surface area contributed by atoms with Gasteiger partial charge in [-0.3, -0.25) is 4.79 Å². The number of carbonyl (C=O) groups excluding carboxylic acids is 1. The van der Waals surface area contributed by atoms with E-state index in [2.05, 4.69) is 24.4 Å². The van der Waals surface area contributed by atoms with Gasteiger partial charge in [0.05, 0.1) is 0 Å². The first-order valence-electron chi connectivity index (χ1n) is 7.92. The second-order valence-electron chi connectivity index (χ2n) is 6.24. The van der Waals surface area contributed by atoms with Crippen LogP contribution in [0.5, 0.6) is 0 Å². The van der Waals surface area contributed by atoms with Crippen LogP contribution in [0, 0.1) is 20.8 Å². The summed E-state index contributed by atoms with van der Waals surface area (Å²) in [4.78, 5) is 12.4. The molecule has 1 fully saturated rings. The van der Waals surface area contributed by atoms with Gasteiger partial charge in [0.15, 0.2) is 5.78 Å². The summed E-state index contributed by atoms with van der Waals surface area (Å²) < 4.78 is 0. The lowest BCUT2D eigenvalue weighted by molar-refractivity contribution is 0.0980. The zero-order valence-electron chi connectivity index (χ0n) is 13.1. The van der Waals surface area contributed by atoms with Crippen molar-refractivity contribution in [1.29, 1.82) is 0 Å². The van der Waals surface area contributed by atoms with Gasteiger partial charge in [0, 0.05) is 24.6 Å². The largest absolute Gasteiger partial charge is 0.314 e. The number of rotatable bonds is 5. The minimum absolute atomic E-state index is 0.281. The molecule has 2 rings (SSSR count). The summed E-state index contributed by atoms with van der Waals surface area (Å²) in [5.74, 6) is 0.281. The van der Waals surface area contributed by atoms with Crippen molar-refractivity contribution in [2.75, 3.05) is 6.54 Å². The Bertz CT molecular complexity index is 449. The van der Waals surface area contributed by atoms with Gasteiger partial charge in [-0.2, -0.15) is 0 Å². The van der Waals surface area contributed by atoms with E-state index >= 15 is 0 Å². The molecule has 1 saturated carbocycles. The van der Waals surface area contributed by atoms with Crippen molar-refractivity contribution in [1.82, 2.24) is 5.32 Å². The fourth-order valence-corrected chi connectivity index (χ4v) is 3.44. The smallest absolute Gasteiger partial charge is 0.164 e. The van der Waals surface area contributed by atoms with Crippen LogP contribution in [-0.2, 0) is 0 Å². The van der Waals surface area contributed by atoms with Crippen LogP contribution >= 0.6 is 0 Å². The van der Waals surface area contributed by atoms with Crippen LogP contribution in [0.2, 0.25) is 0 Å². The van der Waals surface area contributed by atoms with E-state index in [0.717, 1.165) is 23.2 Å². The SMILES string of the molecule is Cc1cc(C)c(C(=O)CCNC2CCCCC2)c(C)c1. The Labute approximate surface area is 123 Å². The van der Waals surface area contributed by atoms with Crippen LogP contribution in [0.15, 0.2) is 12.1 Å². The lowest BCUT2D eigenvalue weighted by Crippen LogP contribution is -2.32. The van der Waals surface area contributed by atoms with E-state index in [0.29, 0.717) is 12.5 Å². The van der Waals surface area contributed by atoms with E-state index in [1.165, 1.54) is 37.7 Å². The van der Waals surface area contributed by atoms with Crippen LogP contribution in [-0.4, -0.2) is 18.4 Å². The average molecular weight is 273 g/mol. The molecule has 2 heteroatoms. The van der Waals surface area contributed by atoms with Crippen molar-refractivity contribution in [3.8, 4) is 0 Å². The maximum Gasteiger partial charge on any atom is 0.164 e. The van der Waals surface area contributed by atoms with Gasteiger partial charge >= 0.3 is 0 Å². The molecule has 0 aromatic heterocycles. The van der Waals surface area contributed by atoms with Gasteiger partial charge in [-0.05, 0) is 44.7 Å². The van der Waals surface area contributed by atoms with E-state index in [9.17, 15) is 4.79 Å². The summed E-state index contributed by atoms with van der Waals surface area (Å²) in [6.07, 6.45) is 7.21. The number of nitrogens with one attached hydrogen (secondary N) is 1. The second-order valence-corrected chi connectivity index (χ2v) is 6.24. The maximum atomic E-state index is 12.4. The lowest BCUT2D eigenvalue weighted by atomic mass is 9.94. The number of benzene rings is 1. The molecule has 0 radical (unpaired) electrons. The van der Waals surface area contributed by atoms with Crippen LogP contribution in [0.3, 0.4) is 0 Å². The predicted molar refractivity (Wildman–Crippen MR) is 84.5 cm³/mol. The first kappa shape index (κ1) is 15.2. The number of Topliss-reactive ketones (excluding diaryl/α,β-unsaturated/α-hetero) is 1. The number of hydrogen-bond donors (Lipinski definition) is 1. The van der Waals surface area contributed by atoms with E-state index in [4.69, 9.17) is 0 Å². The molecule has 0 aliphatic heterocycles. The number of aryl methyl sites for hydroxylation is 3. The molecule has 0 amide bonds. The lowest BCUT2D eigenvalue weighted by Gasteiger charge is -2.22. The number of carbonyl (C=O) groups is 1. The minimum Gasteiger partial charge on any atom is -0.314 e. The molecule has 0 atom stereocenters. The van der Waals surface area contributed by atoms with Crippen molar-refractivity contribution in [3.05, 3.63) is 34.4 Å². The van der Waals surface area contributed by atoms with Crippen molar-refractivity contribution in [3.63, 3.8) is 0 Å². The molecule has 1 aliphatic rings. The topological polar surface area (TPSA) is 29.1 Å². The van der Waals surface area contributed by atoms with Crippen LogP contribution in [0.25, 0.3) is 0 Å². The highest BCUT2D eigenvalue weighted by molar-refractivity contribution is 5.99. The summed E-state index contributed by atoms with van der Waals surface area (Å²) in [6.45, 7) is 6.98. The molecule has 1 aromatic carbocycles. The molecule has 0 unspecified atom stereocenters. The van der Waals surface area contributed by atoms with E-state index in [1.54, 1.807) is 0 Å². The maximum absolute atomic E-state index is 12.4. The molecular weight excluding hydrogens is 246 g/mol. The summed E-state index contributed by atoms with van der Waals surface area (Å²) in [5, 5.41) is 3.55.